The molecule has 2 aromatic rings. The average molecular weight is 401 g/mol. The normalized spacial score (nSPS) is 18.4. The number of ether oxygens (including phenoxy) is 1. The summed E-state index contributed by atoms with van der Waals surface area (Å²) in [5.41, 5.74) is 3.91. The molecule has 0 aromatic heterocycles. The van der Waals surface area contributed by atoms with Crippen molar-refractivity contribution in [3.63, 3.8) is 0 Å². The molecule has 3 nitrogen and oxygen atoms in total. The molecular weight excluding hydrogens is 368 g/mol. The van der Waals surface area contributed by atoms with Gasteiger partial charge in [-0.3, -0.25) is 0 Å². The molecule has 0 heterocycles. The molecule has 0 radical (unpaired) electrons. The van der Waals surface area contributed by atoms with Gasteiger partial charge in [-0.15, -0.1) is 0 Å². The van der Waals surface area contributed by atoms with Gasteiger partial charge < -0.3 is 4.74 Å². The van der Waals surface area contributed by atoms with Crippen LogP contribution in [0, 0.1) is 28.6 Å². The minimum atomic E-state index is 0.392. The van der Waals surface area contributed by atoms with E-state index in [1.807, 2.05) is 30.3 Å². The number of nitriles is 2. The summed E-state index contributed by atoms with van der Waals surface area (Å²) < 4.78 is 5.75. The van der Waals surface area contributed by atoms with E-state index in [0.717, 1.165) is 54.0 Å². The zero-order valence-electron chi connectivity index (χ0n) is 18.3. The Labute approximate surface area is 181 Å². The fourth-order valence-corrected chi connectivity index (χ4v) is 4.67. The van der Waals surface area contributed by atoms with Crippen LogP contribution in [0.5, 0.6) is 5.75 Å². The Balaban J connectivity index is 1.84. The molecule has 3 rings (SSSR count). The van der Waals surface area contributed by atoms with Gasteiger partial charge in [0.25, 0.3) is 0 Å². The first-order chi connectivity index (χ1) is 14.7. The van der Waals surface area contributed by atoms with E-state index in [-0.39, 0.29) is 0 Å². The quantitative estimate of drug-likeness (QED) is 0.435. The number of rotatable bonds is 8. The van der Waals surface area contributed by atoms with Gasteiger partial charge in [-0.2, -0.15) is 10.5 Å². The lowest BCUT2D eigenvalue weighted by Crippen LogP contribution is -2.14. The van der Waals surface area contributed by atoms with E-state index >= 15 is 0 Å². The maximum Gasteiger partial charge on any atom is 0.119 e. The van der Waals surface area contributed by atoms with Crippen molar-refractivity contribution in [1.82, 2.24) is 0 Å². The Hall–Kier alpha value is -2.78. The highest BCUT2D eigenvalue weighted by molar-refractivity contribution is 5.75. The molecular formula is C27H32N2O. The second-order valence-electron chi connectivity index (χ2n) is 8.41. The molecule has 0 amide bonds. The molecule has 0 spiro atoms. The molecule has 0 atom stereocenters. The lowest BCUT2D eigenvalue weighted by molar-refractivity contribution is 0.308. The molecule has 0 N–H and O–H groups in total. The standard InChI is InChI=1S/C27H32N2O/c1-3-5-17-30-23-13-11-22(12-14-23)25-16-15-24(26(18-28)27(25)19-29)21-9-7-20(6-4-2)8-10-21/h11-16,20-21H,3-10,17H2,1-2H3/t20-,21-. The smallest absolute Gasteiger partial charge is 0.119 e. The molecule has 1 aliphatic rings. The van der Waals surface area contributed by atoms with Crippen molar-refractivity contribution in [3.05, 3.63) is 53.1 Å². The molecule has 0 saturated heterocycles. The molecule has 30 heavy (non-hydrogen) atoms. The average Bonchev–Trinajstić information content (AvgIpc) is 2.79. The zero-order chi connectivity index (χ0) is 21.3. The van der Waals surface area contributed by atoms with Crippen LogP contribution in [0.3, 0.4) is 0 Å². The first-order valence-electron chi connectivity index (χ1n) is 11.4. The minimum Gasteiger partial charge on any atom is -0.494 e. The Morgan fingerprint density at radius 3 is 2.17 bits per heavy atom. The van der Waals surface area contributed by atoms with Gasteiger partial charge >= 0.3 is 0 Å². The third-order valence-electron chi connectivity index (χ3n) is 6.38. The zero-order valence-corrected chi connectivity index (χ0v) is 18.3. The number of hydrogen-bond donors (Lipinski definition) is 0. The second kappa shape index (κ2) is 10.8. The Morgan fingerprint density at radius 1 is 0.867 bits per heavy atom. The first-order valence-corrected chi connectivity index (χ1v) is 11.4. The summed E-state index contributed by atoms with van der Waals surface area (Å²) in [6.07, 6.45) is 9.38. The molecule has 1 aliphatic carbocycles. The molecule has 2 aromatic carbocycles. The number of unbranched alkanes of at least 4 members (excludes halogenated alkanes) is 1. The van der Waals surface area contributed by atoms with Gasteiger partial charge in [-0.05, 0) is 67.2 Å². The molecule has 0 aliphatic heterocycles. The summed E-state index contributed by atoms with van der Waals surface area (Å²) in [5.74, 6) is 2.06. The topological polar surface area (TPSA) is 56.8 Å². The van der Waals surface area contributed by atoms with Crippen LogP contribution in [0.1, 0.15) is 87.8 Å². The van der Waals surface area contributed by atoms with Crippen LogP contribution in [-0.4, -0.2) is 6.61 Å². The van der Waals surface area contributed by atoms with Gasteiger partial charge in [0, 0.05) is 5.56 Å². The molecule has 1 saturated carbocycles. The van der Waals surface area contributed by atoms with Gasteiger partial charge in [0.1, 0.15) is 17.9 Å². The third-order valence-corrected chi connectivity index (χ3v) is 6.38. The molecule has 0 unspecified atom stereocenters. The fourth-order valence-electron chi connectivity index (χ4n) is 4.67. The maximum atomic E-state index is 9.91. The lowest BCUT2D eigenvalue weighted by Gasteiger charge is -2.29. The van der Waals surface area contributed by atoms with Gasteiger partial charge in [0.05, 0.1) is 17.7 Å². The Bertz CT molecular complexity index is 910. The van der Waals surface area contributed by atoms with Gasteiger partial charge in [-0.25, -0.2) is 0 Å². The summed E-state index contributed by atoms with van der Waals surface area (Å²) in [4.78, 5) is 0. The van der Waals surface area contributed by atoms with E-state index in [4.69, 9.17) is 4.74 Å². The highest BCUT2D eigenvalue weighted by atomic mass is 16.5. The van der Waals surface area contributed by atoms with E-state index in [1.54, 1.807) is 0 Å². The van der Waals surface area contributed by atoms with Crippen LogP contribution < -0.4 is 4.74 Å². The first kappa shape index (κ1) is 21.9. The maximum absolute atomic E-state index is 9.91. The predicted molar refractivity (Wildman–Crippen MR) is 121 cm³/mol. The van der Waals surface area contributed by atoms with E-state index in [2.05, 4.69) is 32.1 Å². The fraction of sp³-hybridized carbons (Fsp3) is 0.481. The summed E-state index contributed by atoms with van der Waals surface area (Å²) in [5, 5.41) is 19.8. The summed E-state index contributed by atoms with van der Waals surface area (Å²) in [6, 6.07) is 16.7. The number of hydrogen-bond acceptors (Lipinski definition) is 3. The van der Waals surface area contributed by atoms with E-state index in [1.165, 1.54) is 25.7 Å². The van der Waals surface area contributed by atoms with Crippen LogP contribution >= 0.6 is 0 Å². The van der Waals surface area contributed by atoms with E-state index in [0.29, 0.717) is 23.7 Å². The highest BCUT2D eigenvalue weighted by Crippen LogP contribution is 2.40. The van der Waals surface area contributed by atoms with Crippen LogP contribution in [0.25, 0.3) is 11.1 Å². The van der Waals surface area contributed by atoms with Gasteiger partial charge in [0.15, 0.2) is 0 Å². The molecule has 156 valence electrons. The molecule has 1 fully saturated rings. The van der Waals surface area contributed by atoms with Crippen molar-refractivity contribution >= 4 is 0 Å². The Kier molecular flexibility index (Phi) is 7.92. The molecule has 0 bridgehead atoms. The van der Waals surface area contributed by atoms with Crippen molar-refractivity contribution in [2.45, 2.75) is 71.1 Å². The summed E-state index contributed by atoms with van der Waals surface area (Å²) in [7, 11) is 0. The van der Waals surface area contributed by atoms with Crippen molar-refractivity contribution in [3.8, 4) is 29.0 Å². The van der Waals surface area contributed by atoms with Crippen molar-refractivity contribution in [2.75, 3.05) is 6.61 Å². The van der Waals surface area contributed by atoms with Crippen molar-refractivity contribution in [2.24, 2.45) is 5.92 Å². The van der Waals surface area contributed by atoms with Crippen molar-refractivity contribution in [1.29, 1.82) is 10.5 Å². The van der Waals surface area contributed by atoms with Crippen molar-refractivity contribution < 1.29 is 4.74 Å². The van der Waals surface area contributed by atoms with Gasteiger partial charge in [0.2, 0.25) is 0 Å². The highest BCUT2D eigenvalue weighted by Gasteiger charge is 2.26. The van der Waals surface area contributed by atoms with Gasteiger partial charge in [-0.1, -0.05) is 57.4 Å². The summed E-state index contributed by atoms with van der Waals surface area (Å²) in [6.45, 7) is 5.11. The largest absolute Gasteiger partial charge is 0.494 e. The number of benzene rings is 2. The van der Waals surface area contributed by atoms with Crippen LogP contribution in [-0.2, 0) is 0 Å². The number of nitrogens with zero attached hydrogens (tertiary/aromatic N) is 2. The van der Waals surface area contributed by atoms with Crippen LogP contribution in [0.15, 0.2) is 36.4 Å². The van der Waals surface area contributed by atoms with Crippen LogP contribution in [0.2, 0.25) is 0 Å². The monoisotopic (exact) mass is 400 g/mol. The predicted octanol–water partition coefficient (Wildman–Crippen LogP) is 7.35. The van der Waals surface area contributed by atoms with Crippen LogP contribution in [0.4, 0.5) is 0 Å². The summed E-state index contributed by atoms with van der Waals surface area (Å²) >= 11 is 0. The lowest BCUT2D eigenvalue weighted by atomic mass is 9.75. The van der Waals surface area contributed by atoms with E-state index in [9.17, 15) is 10.5 Å². The second-order valence-corrected chi connectivity index (χ2v) is 8.41. The minimum absolute atomic E-state index is 0.392. The molecule has 3 heteroatoms. The SMILES string of the molecule is CCCCOc1ccc(-c2ccc([C@H]3CC[C@H](CCC)CC3)c(C#N)c2C#N)cc1. The Morgan fingerprint density at radius 2 is 1.57 bits per heavy atom. The van der Waals surface area contributed by atoms with E-state index < -0.39 is 0 Å². The third kappa shape index (κ3) is 5.03.